The minimum absolute atomic E-state index is 0.0426. The number of H-pyrrole nitrogens is 1. The topological polar surface area (TPSA) is 69.3 Å². The number of aromatic nitrogens is 2. The van der Waals surface area contributed by atoms with E-state index in [0.717, 1.165) is 24.8 Å². The fourth-order valence-electron chi connectivity index (χ4n) is 4.57. The van der Waals surface area contributed by atoms with Crippen LogP contribution in [0.2, 0.25) is 0 Å². The van der Waals surface area contributed by atoms with Crippen molar-refractivity contribution in [2.75, 3.05) is 19.6 Å². The monoisotopic (exact) mass is 352 g/mol. The Balaban J connectivity index is 1.52. The van der Waals surface area contributed by atoms with Gasteiger partial charge in [0.1, 0.15) is 5.69 Å². The lowest BCUT2D eigenvalue weighted by atomic mass is 9.81. The number of hydrogen-bond donors (Lipinski definition) is 1. The average Bonchev–Trinajstić information content (AvgIpc) is 3.30. The highest BCUT2D eigenvalue weighted by Gasteiger charge is 2.51. The predicted octanol–water partition coefficient (Wildman–Crippen LogP) is 2.42. The van der Waals surface area contributed by atoms with E-state index in [2.05, 4.69) is 9.97 Å². The number of rotatable bonds is 3. The van der Waals surface area contributed by atoms with Crippen LogP contribution in [0.5, 0.6) is 0 Å². The highest BCUT2D eigenvalue weighted by Crippen LogP contribution is 2.45. The first-order valence-electron chi connectivity index (χ1n) is 9.29. The summed E-state index contributed by atoms with van der Waals surface area (Å²) in [6.07, 6.45) is 7.79. The average molecular weight is 352 g/mol. The first kappa shape index (κ1) is 16.8. The summed E-state index contributed by atoms with van der Waals surface area (Å²) in [6.45, 7) is 4.12. The Hall–Kier alpha value is -2.63. The summed E-state index contributed by atoms with van der Waals surface area (Å²) in [4.78, 5) is 36.7. The van der Waals surface area contributed by atoms with E-state index in [4.69, 9.17) is 0 Å². The zero-order valence-corrected chi connectivity index (χ0v) is 15.0. The largest absolute Gasteiger partial charge is 0.357 e. The third kappa shape index (κ3) is 2.69. The lowest BCUT2D eigenvalue weighted by molar-refractivity contribution is -0.133. The number of likely N-dealkylation sites (tertiary alicyclic amines) is 2. The van der Waals surface area contributed by atoms with Gasteiger partial charge in [-0.05, 0) is 49.9 Å². The number of aromatic amines is 1. The summed E-state index contributed by atoms with van der Waals surface area (Å²) in [5.74, 6) is 0.125. The van der Waals surface area contributed by atoms with Gasteiger partial charge in [0.05, 0.1) is 5.92 Å². The van der Waals surface area contributed by atoms with Crippen LogP contribution in [0.25, 0.3) is 0 Å². The number of pyridine rings is 1. The number of piperidine rings is 1. The number of amides is 2. The number of nitrogens with one attached hydrogen (secondary N) is 1. The minimum Gasteiger partial charge on any atom is -0.357 e. The zero-order chi connectivity index (χ0) is 18.1. The SMILES string of the molecule is CCN1C(=O)[C@H](c2cccnc2)CC12CCN(C(=O)c1ccc[nH]1)CC2. The fraction of sp³-hybridized carbons (Fsp3) is 0.450. The Kier molecular flexibility index (Phi) is 4.26. The van der Waals surface area contributed by atoms with Gasteiger partial charge in [0, 0.05) is 43.8 Å². The van der Waals surface area contributed by atoms with E-state index in [1.54, 1.807) is 18.6 Å². The summed E-state index contributed by atoms with van der Waals surface area (Å²) in [7, 11) is 0. The molecule has 0 aromatic carbocycles. The molecule has 0 aliphatic carbocycles. The molecule has 0 unspecified atom stereocenters. The van der Waals surface area contributed by atoms with Crippen molar-refractivity contribution in [3.8, 4) is 0 Å². The third-order valence-electron chi connectivity index (χ3n) is 5.93. The van der Waals surface area contributed by atoms with Gasteiger partial charge in [0.2, 0.25) is 5.91 Å². The normalized spacial score (nSPS) is 22.2. The molecular weight excluding hydrogens is 328 g/mol. The lowest BCUT2D eigenvalue weighted by Gasteiger charge is -2.44. The smallest absolute Gasteiger partial charge is 0.270 e. The van der Waals surface area contributed by atoms with Crippen LogP contribution in [0.15, 0.2) is 42.9 Å². The first-order chi connectivity index (χ1) is 12.6. The second kappa shape index (κ2) is 6.59. The van der Waals surface area contributed by atoms with E-state index in [1.165, 1.54) is 0 Å². The molecule has 2 aliphatic rings. The minimum atomic E-state index is -0.140. The van der Waals surface area contributed by atoms with Gasteiger partial charge in [-0.1, -0.05) is 6.07 Å². The molecule has 2 aromatic rings. The van der Waals surface area contributed by atoms with Crippen LogP contribution in [0.1, 0.15) is 48.2 Å². The van der Waals surface area contributed by atoms with Crippen molar-refractivity contribution < 1.29 is 9.59 Å². The van der Waals surface area contributed by atoms with E-state index in [0.29, 0.717) is 25.3 Å². The molecule has 1 atom stereocenters. The summed E-state index contributed by atoms with van der Waals surface area (Å²) < 4.78 is 0. The van der Waals surface area contributed by atoms with Crippen molar-refractivity contribution in [1.82, 2.24) is 19.8 Å². The molecule has 26 heavy (non-hydrogen) atoms. The zero-order valence-electron chi connectivity index (χ0n) is 15.0. The Morgan fingerprint density at radius 2 is 2.12 bits per heavy atom. The third-order valence-corrected chi connectivity index (χ3v) is 5.93. The van der Waals surface area contributed by atoms with E-state index in [9.17, 15) is 9.59 Å². The van der Waals surface area contributed by atoms with Gasteiger partial charge in [-0.2, -0.15) is 0 Å². The number of nitrogens with zero attached hydrogens (tertiary/aromatic N) is 3. The van der Waals surface area contributed by atoms with Crippen molar-refractivity contribution >= 4 is 11.8 Å². The molecule has 0 bridgehead atoms. The second-order valence-electron chi connectivity index (χ2n) is 7.23. The number of hydrogen-bond acceptors (Lipinski definition) is 3. The Morgan fingerprint density at radius 3 is 2.73 bits per heavy atom. The molecule has 6 heteroatoms. The van der Waals surface area contributed by atoms with Crippen LogP contribution in [0, 0.1) is 0 Å². The Labute approximate surface area is 153 Å². The van der Waals surface area contributed by atoms with E-state index < -0.39 is 0 Å². The van der Waals surface area contributed by atoms with Crippen LogP contribution in [-0.4, -0.2) is 56.8 Å². The van der Waals surface area contributed by atoms with Gasteiger partial charge in [-0.25, -0.2) is 0 Å². The summed E-state index contributed by atoms with van der Waals surface area (Å²) in [5.41, 5.74) is 1.49. The van der Waals surface area contributed by atoms with E-state index in [-0.39, 0.29) is 23.3 Å². The standard InChI is InChI=1S/C20H24N4O2/c1-2-24-18(25)16(15-5-3-9-21-14-15)13-20(24)7-11-23(12-8-20)19(26)17-6-4-10-22-17/h3-6,9-10,14,16,22H,2,7-8,11-13H2,1H3/t16-/m0/s1. The summed E-state index contributed by atoms with van der Waals surface area (Å²) in [5, 5.41) is 0. The van der Waals surface area contributed by atoms with E-state index >= 15 is 0 Å². The molecule has 2 fully saturated rings. The van der Waals surface area contributed by atoms with Gasteiger partial charge in [0.25, 0.3) is 5.91 Å². The second-order valence-corrected chi connectivity index (χ2v) is 7.23. The van der Waals surface area contributed by atoms with Crippen LogP contribution in [-0.2, 0) is 4.79 Å². The fourth-order valence-corrected chi connectivity index (χ4v) is 4.57. The van der Waals surface area contributed by atoms with Crippen molar-refractivity contribution in [3.63, 3.8) is 0 Å². The maximum atomic E-state index is 13.0. The molecule has 136 valence electrons. The molecule has 6 nitrogen and oxygen atoms in total. The molecular formula is C20H24N4O2. The van der Waals surface area contributed by atoms with Crippen molar-refractivity contribution in [2.45, 2.75) is 37.6 Å². The molecule has 2 amide bonds. The van der Waals surface area contributed by atoms with Crippen molar-refractivity contribution in [1.29, 1.82) is 0 Å². The molecule has 4 rings (SSSR count). The summed E-state index contributed by atoms with van der Waals surface area (Å²) >= 11 is 0. The molecule has 2 saturated heterocycles. The molecule has 0 saturated carbocycles. The quantitative estimate of drug-likeness (QED) is 0.922. The van der Waals surface area contributed by atoms with Crippen LogP contribution < -0.4 is 0 Å². The highest BCUT2D eigenvalue weighted by atomic mass is 16.2. The summed E-state index contributed by atoms with van der Waals surface area (Å²) in [6, 6.07) is 7.53. The van der Waals surface area contributed by atoms with Crippen LogP contribution in [0.4, 0.5) is 0 Å². The highest BCUT2D eigenvalue weighted by molar-refractivity contribution is 5.92. The predicted molar refractivity (Wildman–Crippen MR) is 97.6 cm³/mol. The van der Waals surface area contributed by atoms with Crippen LogP contribution >= 0.6 is 0 Å². The molecule has 0 radical (unpaired) electrons. The van der Waals surface area contributed by atoms with Gasteiger partial charge < -0.3 is 14.8 Å². The number of carbonyl (C=O) groups is 2. The lowest BCUT2D eigenvalue weighted by Crippen LogP contribution is -2.54. The molecule has 2 aliphatic heterocycles. The molecule has 1 spiro atoms. The first-order valence-corrected chi connectivity index (χ1v) is 9.29. The number of carbonyl (C=O) groups excluding carboxylic acids is 2. The number of likely N-dealkylation sites (N-methyl/N-ethyl adjacent to an activating group) is 1. The molecule has 4 heterocycles. The Bertz CT molecular complexity index is 779. The van der Waals surface area contributed by atoms with Gasteiger partial charge in [-0.15, -0.1) is 0 Å². The van der Waals surface area contributed by atoms with E-state index in [1.807, 2.05) is 41.0 Å². The molecule has 1 N–H and O–H groups in total. The van der Waals surface area contributed by atoms with Gasteiger partial charge in [0.15, 0.2) is 0 Å². The van der Waals surface area contributed by atoms with Gasteiger partial charge in [-0.3, -0.25) is 14.6 Å². The van der Waals surface area contributed by atoms with Crippen molar-refractivity contribution in [3.05, 3.63) is 54.1 Å². The van der Waals surface area contributed by atoms with Crippen LogP contribution in [0.3, 0.4) is 0 Å². The Morgan fingerprint density at radius 1 is 1.31 bits per heavy atom. The molecule has 2 aromatic heterocycles. The maximum Gasteiger partial charge on any atom is 0.270 e. The van der Waals surface area contributed by atoms with Crippen molar-refractivity contribution in [2.24, 2.45) is 0 Å². The van der Waals surface area contributed by atoms with Gasteiger partial charge >= 0.3 is 0 Å². The maximum absolute atomic E-state index is 13.0.